The number of carbonyl (C=O) groups excluding carboxylic acids is 3. The lowest BCUT2D eigenvalue weighted by Crippen LogP contribution is -2.20. The molecule has 27 heavy (non-hydrogen) atoms. The molecule has 0 aliphatic rings. The molecule has 0 unspecified atom stereocenters. The number of halogens is 2. The van der Waals surface area contributed by atoms with Crippen molar-refractivity contribution < 1.29 is 23.5 Å². The van der Waals surface area contributed by atoms with Gasteiger partial charge in [-0.05, 0) is 37.3 Å². The molecule has 2 aromatic carbocycles. The number of esters is 1. The molecule has 8 heteroatoms. The largest absolute Gasteiger partial charge is 0.451 e. The van der Waals surface area contributed by atoms with E-state index < -0.39 is 24.3 Å². The fourth-order valence-corrected chi connectivity index (χ4v) is 3.81. The lowest BCUT2D eigenvalue weighted by atomic mass is 10.1. The molecule has 0 spiro atoms. The quantitative estimate of drug-likeness (QED) is 0.493. The summed E-state index contributed by atoms with van der Waals surface area (Å²) >= 11 is 7.14. The van der Waals surface area contributed by atoms with Crippen LogP contribution in [0.5, 0.6) is 0 Å². The molecule has 138 valence electrons. The second-order valence-electron chi connectivity index (χ2n) is 5.65. The minimum absolute atomic E-state index is 0.101. The van der Waals surface area contributed by atoms with Gasteiger partial charge >= 0.3 is 5.97 Å². The molecule has 1 heterocycles. The van der Waals surface area contributed by atoms with Gasteiger partial charge in [0.2, 0.25) is 0 Å². The second kappa shape index (κ2) is 7.85. The van der Waals surface area contributed by atoms with E-state index in [1.165, 1.54) is 31.2 Å². The van der Waals surface area contributed by atoms with Gasteiger partial charge in [0.1, 0.15) is 10.7 Å². The molecular formula is C19H13ClFNO4S. The molecule has 0 bridgehead atoms. The highest BCUT2D eigenvalue weighted by Crippen LogP contribution is 2.36. The molecule has 1 amide bonds. The van der Waals surface area contributed by atoms with E-state index in [0.717, 1.165) is 11.3 Å². The van der Waals surface area contributed by atoms with Gasteiger partial charge in [0.15, 0.2) is 12.4 Å². The molecular weight excluding hydrogens is 393 g/mol. The number of amides is 1. The van der Waals surface area contributed by atoms with Crippen LogP contribution in [0.3, 0.4) is 0 Å². The zero-order chi connectivity index (χ0) is 19.6. The van der Waals surface area contributed by atoms with Crippen LogP contribution >= 0.6 is 22.9 Å². The summed E-state index contributed by atoms with van der Waals surface area (Å²) in [5, 5.41) is 3.25. The van der Waals surface area contributed by atoms with Crippen LogP contribution in [0.4, 0.5) is 10.1 Å². The summed E-state index contributed by atoms with van der Waals surface area (Å²) in [6.45, 7) is 0.894. The van der Waals surface area contributed by atoms with Crippen molar-refractivity contribution in [1.82, 2.24) is 0 Å². The predicted octanol–water partition coefficient (Wildman–Crippen LogP) is 4.69. The van der Waals surface area contributed by atoms with Crippen molar-refractivity contribution in [2.45, 2.75) is 6.92 Å². The van der Waals surface area contributed by atoms with Gasteiger partial charge in [-0.25, -0.2) is 9.18 Å². The van der Waals surface area contributed by atoms with Crippen molar-refractivity contribution in [2.75, 3.05) is 11.9 Å². The SMILES string of the molecule is CC(=O)c1cccc(NC(=O)COC(=O)c2sc3cc(F)ccc3c2Cl)c1. The average Bonchev–Trinajstić information content (AvgIpc) is 2.96. The van der Waals surface area contributed by atoms with Crippen LogP contribution in [-0.2, 0) is 9.53 Å². The van der Waals surface area contributed by atoms with Crippen LogP contribution < -0.4 is 5.32 Å². The number of fused-ring (bicyclic) bond motifs is 1. The zero-order valence-corrected chi connectivity index (χ0v) is 15.6. The third-order valence-corrected chi connectivity index (χ3v) is 5.30. The summed E-state index contributed by atoms with van der Waals surface area (Å²) < 4.78 is 18.8. The Morgan fingerprint density at radius 3 is 2.70 bits per heavy atom. The molecule has 1 N–H and O–H groups in total. The lowest BCUT2D eigenvalue weighted by Gasteiger charge is -2.07. The first-order valence-corrected chi connectivity index (χ1v) is 9.00. The van der Waals surface area contributed by atoms with Gasteiger partial charge in [0, 0.05) is 21.3 Å². The minimum Gasteiger partial charge on any atom is -0.451 e. The Balaban J connectivity index is 1.65. The maximum atomic E-state index is 13.3. The Kier molecular flexibility index (Phi) is 5.53. The molecule has 3 rings (SSSR count). The second-order valence-corrected chi connectivity index (χ2v) is 7.08. The lowest BCUT2D eigenvalue weighted by molar-refractivity contribution is -0.119. The summed E-state index contributed by atoms with van der Waals surface area (Å²) in [4.78, 5) is 35.7. The van der Waals surface area contributed by atoms with Crippen molar-refractivity contribution >= 4 is 56.4 Å². The molecule has 0 aliphatic heterocycles. The topological polar surface area (TPSA) is 72.5 Å². The number of rotatable bonds is 5. The highest BCUT2D eigenvalue weighted by atomic mass is 35.5. The van der Waals surface area contributed by atoms with Crippen LogP contribution in [0, 0.1) is 5.82 Å². The number of nitrogens with one attached hydrogen (secondary N) is 1. The zero-order valence-electron chi connectivity index (χ0n) is 14.0. The first kappa shape index (κ1) is 19.0. The van der Waals surface area contributed by atoms with Crippen LogP contribution in [0.15, 0.2) is 42.5 Å². The first-order chi connectivity index (χ1) is 12.8. The third kappa shape index (κ3) is 4.32. The van der Waals surface area contributed by atoms with Crippen molar-refractivity contribution in [3.8, 4) is 0 Å². The fourth-order valence-electron chi connectivity index (χ4n) is 2.38. The van der Waals surface area contributed by atoms with E-state index in [2.05, 4.69) is 5.32 Å². The smallest absolute Gasteiger partial charge is 0.350 e. The summed E-state index contributed by atoms with van der Waals surface area (Å²) in [5.74, 6) is -1.90. The number of benzene rings is 2. The molecule has 0 aliphatic carbocycles. The number of Topliss-reactive ketones (excluding diaryl/α,β-unsaturated/α-hetero) is 1. The number of hydrogen-bond acceptors (Lipinski definition) is 5. The van der Waals surface area contributed by atoms with Gasteiger partial charge < -0.3 is 10.1 Å². The summed E-state index contributed by atoms with van der Waals surface area (Å²) in [7, 11) is 0. The molecule has 3 aromatic rings. The standard InChI is InChI=1S/C19H13ClFNO4S/c1-10(23)11-3-2-4-13(7-11)22-16(24)9-26-19(25)18-17(20)14-6-5-12(21)8-15(14)27-18/h2-8H,9H2,1H3,(H,22,24). The molecule has 0 saturated heterocycles. The summed E-state index contributed by atoms with van der Waals surface area (Å²) in [6.07, 6.45) is 0. The first-order valence-electron chi connectivity index (χ1n) is 7.80. The molecule has 1 aromatic heterocycles. The van der Waals surface area contributed by atoms with Gasteiger partial charge in [0.25, 0.3) is 5.91 Å². The third-order valence-electron chi connectivity index (χ3n) is 3.66. The number of thiophene rings is 1. The van der Waals surface area contributed by atoms with Crippen LogP contribution in [-0.4, -0.2) is 24.3 Å². The molecule has 0 saturated carbocycles. The van der Waals surface area contributed by atoms with Crippen LogP contribution in [0.2, 0.25) is 5.02 Å². The molecule has 0 atom stereocenters. The average molecular weight is 406 g/mol. The van der Waals surface area contributed by atoms with Crippen molar-refractivity contribution in [2.24, 2.45) is 0 Å². The van der Waals surface area contributed by atoms with Gasteiger partial charge in [-0.15, -0.1) is 11.3 Å². The Labute approximate surface area is 162 Å². The fraction of sp³-hybridized carbons (Fsp3) is 0.105. The van der Waals surface area contributed by atoms with Gasteiger partial charge in [-0.2, -0.15) is 0 Å². The number of ether oxygens (including phenoxy) is 1. The van der Waals surface area contributed by atoms with E-state index in [1.807, 2.05) is 0 Å². The number of anilines is 1. The number of hydrogen-bond donors (Lipinski definition) is 1. The maximum absolute atomic E-state index is 13.3. The van der Waals surface area contributed by atoms with Gasteiger partial charge in [0.05, 0.1) is 5.02 Å². The minimum atomic E-state index is -0.769. The molecule has 5 nitrogen and oxygen atoms in total. The molecule has 0 fully saturated rings. The van der Waals surface area contributed by atoms with Gasteiger partial charge in [-0.3, -0.25) is 9.59 Å². The van der Waals surface area contributed by atoms with E-state index in [4.69, 9.17) is 16.3 Å². The van der Waals surface area contributed by atoms with Crippen LogP contribution in [0.25, 0.3) is 10.1 Å². The number of carbonyl (C=O) groups is 3. The van der Waals surface area contributed by atoms with Crippen molar-refractivity contribution in [3.63, 3.8) is 0 Å². The molecule has 0 radical (unpaired) electrons. The Bertz CT molecular complexity index is 1060. The van der Waals surface area contributed by atoms with Crippen LogP contribution in [0.1, 0.15) is 27.0 Å². The Hall–Kier alpha value is -2.77. The van der Waals surface area contributed by atoms with E-state index >= 15 is 0 Å². The highest BCUT2D eigenvalue weighted by molar-refractivity contribution is 7.21. The number of ketones is 1. The van der Waals surface area contributed by atoms with Crippen molar-refractivity contribution in [3.05, 3.63) is 63.7 Å². The van der Waals surface area contributed by atoms with E-state index in [1.54, 1.807) is 18.2 Å². The van der Waals surface area contributed by atoms with E-state index in [0.29, 0.717) is 21.3 Å². The monoisotopic (exact) mass is 405 g/mol. The maximum Gasteiger partial charge on any atom is 0.350 e. The summed E-state index contributed by atoms with van der Waals surface area (Å²) in [5.41, 5.74) is 0.869. The van der Waals surface area contributed by atoms with Crippen molar-refractivity contribution in [1.29, 1.82) is 0 Å². The Morgan fingerprint density at radius 1 is 1.19 bits per heavy atom. The van der Waals surface area contributed by atoms with E-state index in [-0.39, 0.29) is 15.7 Å². The van der Waals surface area contributed by atoms with E-state index in [9.17, 15) is 18.8 Å². The normalized spacial score (nSPS) is 10.6. The summed E-state index contributed by atoms with van der Waals surface area (Å²) in [6, 6.07) is 10.4. The highest BCUT2D eigenvalue weighted by Gasteiger charge is 2.20. The van der Waals surface area contributed by atoms with Gasteiger partial charge in [-0.1, -0.05) is 23.7 Å². The Morgan fingerprint density at radius 2 is 1.96 bits per heavy atom. The predicted molar refractivity (Wildman–Crippen MR) is 102 cm³/mol.